The summed E-state index contributed by atoms with van der Waals surface area (Å²) in [7, 11) is 4.66. The van der Waals surface area contributed by atoms with Gasteiger partial charge in [-0.15, -0.1) is 20.4 Å². The van der Waals surface area contributed by atoms with E-state index in [4.69, 9.17) is 48.7 Å². The van der Waals surface area contributed by atoms with Crippen LogP contribution in [0.25, 0.3) is 0 Å². The van der Waals surface area contributed by atoms with Gasteiger partial charge in [0.15, 0.2) is 5.78 Å². The van der Waals surface area contributed by atoms with E-state index in [0.29, 0.717) is 93.8 Å². The molecule has 5 N–H and O–H groups in total. The van der Waals surface area contributed by atoms with Gasteiger partial charge < -0.3 is 54.0 Å². The number of methoxy groups -OCH3 is 3. The van der Waals surface area contributed by atoms with Gasteiger partial charge in [0.2, 0.25) is 29.5 Å². The lowest BCUT2D eigenvalue weighted by Gasteiger charge is -2.27. The second-order valence-electron chi connectivity index (χ2n) is 23.1. The van der Waals surface area contributed by atoms with Crippen molar-refractivity contribution in [1.29, 1.82) is 0 Å². The van der Waals surface area contributed by atoms with Crippen LogP contribution >= 0.6 is 0 Å². The minimum atomic E-state index is -0.282. The molecule has 2 heterocycles. The van der Waals surface area contributed by atoms with Gasteiger partial charge in [-0.3, -0.25) is 28.8 Å². The van der Waals surface area contributed by atoms with E-state index in [9.17, 15) is 28.8 Å². The zero-order valence-electron chi connectivity index (χ0n) is 51.0. The molecule has 0 saturated heterocycles. The van der Waals surface area contributed by atoms with Crippen molar-refractivity contribution in [2.45, 2.75) is 173 Å². The fraction of sp³-hybridized carbons (Fsp3) is 0.576. The van der Waals surface area contributed by atoms with Crippen LogP contribution in [0.1, 0.15) is 174 Å². The molecule has 0 radical (unpaired) electrons. The van der Waals surface area contributed by atoms with Crippen molar-refractivity contribution in [3.05, 3.63) is 131 Å². The van der Waals surface area contributed by atoms with Crippen LogP contribution in [0.2, 0.25) is 0 Å². The van der Waals surface area contributed by atoms with Gasteiger partial charge in [0, 0.05) is 70.3 Å². The van der Waals surface area contributed by atoms with Gasteiger partial charge in [0.25, 0.3) is 0 Å². The minimum absolute atomic E-state index is 0.0329. The SMILES string of the molecule is COCC(=O)NCC(=O)C1CCC(CC(=O)OCc2ccccc2)CC1.COCc1nnc(C2CCC(CC(=O)OCc3ccccc3)CC2)o1.COCc1nnc(C2CCC(N)CC2)o1.NCC(=O)C1CCC(CC(=O)OCc2ccccc2)CC1. The second-order valence-corrected chi connectivity index (χ2v) is 23.1. The van der Waals surface area contributed by atoms with Crippen molar-refractivity contribution in [3.8, 4) is 0 Å². The quantitative estimate of drug-likeness (QED) is 0.0362. The molecule has 21 heteroatoms. The number of hydrogen-bond acceptors (Lipinski definition) is 20. The number of amides is 1. The third-order valence-corrected chi connectivity index (χ3v) is 16.5. The summed E-state index contributed by atoms with van der Waals surface area (Å²) in [6.07, 6.45) is 16.2. The van der Waals surface area contributed by atoms with E-state index >= 15 is 0 Å². The number of ketones is 2. The van der Waals surface area contributed by atoms with E-state index < -0.39 is 0 Å². The largest absolute Gasteiger partial charge is 0.461 e. The molecule has 4 fully saturated rings. The average molecular weight is 1210 g/mol. The molecule has 0 aliphatic heterocycles. The number of esters is 3. The van der Waals surface area contributed by atoms with Crippen LogP contribution in [0.3, 0.4) is 0 Å². The number of carbonyl (C=O) groups is 6. The van der Waals surface area contributed by atoms with Gasteiger partial charge >= 0.3 is 17.9 Å². The van der Waals surface area contributed by atoms with E-state index in [1.165, 1.54) is 7.11 Å². The van der Waals surface area contributed by atoms with Crippen molar-refractivity contribution >= 4 is 35.4 Å². The fourth-order valence-electron chi connectivity index (χ4n) is 11.4. The maximum absolute atomic E-state index is 12.1. The first-order valence-corrected chi connectivity index (χ1v) is 30.8. The number of nitrogens with zero attached hydrogens (tertiary/aromatic N) is 4. The van der Waals surface area contributed by atoms with Crippen LogP contribution in [0.15, 0.2) is 99.8 Å². The first-order valence-electron chi connectivity index (χ1n) is 30.8. The number of ether oxygens (including phenoxy) is 6. The molecule has 1 amide bonds. The second kappa shape index (κ2) is 39.0. The topological polar surface area (TPSA) is 300 Å². The number of rotatable bonds is 25. The molecule has 4 saturated carbocycles. The van der Waals surface area contributed by atoms with Crippen molar-refractivity contribution in [2.24, 2.45) is 41.1 Å². The predicted octanol–water partition coefficient (Wildman–Crippen LogP) is 9.54. The Labute approximate surface area is 511 Å². The number of Topliss-reactive ketones (excluding diaryl/α,β-unsaturated/α-hetero) is 2. The Kier molecular flexibility index (Phi) is 30.9. The third-order valence-electron chi connectivity index (χ3n) is 16.5. The molecule has 21 nitrogen and oxygen atoms in total. The van der Waals surface area contributed by atoms with Gasteiger partial charge in [0.1, 0.15) is 45.4 Å². The van der Waals surface area contributed by atoms with Gasteiger partial charge in [-0.1, -0.05) is 91.0 Å². The zero-order chi connectivity index (χ0) is 62.0. The van der Waals surface area contributed by atoms with Crippen LogP contribution < -0.4 is 16.8 Å². The molecule has 87 heavy (non-hydrogen) atoms. The summed E-state index contributed by atoms with van der Waals surface area (Å²) >= 11 is 0. The summed E-state index contributed by atoms with van der Waals surface area (Å²) in [5, 5.41) is 18.6. The summed E-state index contributed by atoms with van der Waals surface area (Å²) in [6.45, 7) is 1.86. The molecular formula is C66H91N7O14. The maximum atomic E-state index is 12.1. The van der Waals surface area contributed by atoms with Gasteiger partial charge in [-0.25, -0.2) is 0 Å². The maximum Gasteiger partial charge on any atom is 0.306 e. The van der Waals surface area contributed by atoms with E-state index in [0.717, 1.165) is 125 Å². The Bertz CT molecular complexity index is 2770. The average Bonchev–Trinajstić information content (AvgIpc) is 3.94. The molecule has 0 bridgehead atoms. The summed E-state index contributed by atoms with van der Waals surface area (Å²) in [5.74, 6) is 3.73. The molecule has 0 spiro atoms. The highest BCUT2D eigenvalue weighted by molar-refractivity contribution is 5.88. The van der Waals surface area contributed by atoms with Crippen molar-refractivity contribution in [1.82, 2.24) is 25.7 Å². The molecule has 4 aliphatic rings. The van der Waals surface area contributed by atoms with Crippen LogP contribution in [0.4, 0.5) is 0 Å². The monoisotopic (exact) mass is 1210 g/mol. The number of aromatic nitrogens is 4. The molecule has 9 rings (SSSR count). The molecule has 474 valence electrons. The molecule has 5 aromatic rings. The van der Waals surface area contributed by atoms with Gasteiger partial charge in [-0.2, -0.15) is 0 Å². The molecule has 3 aromatic carbocycles. The number of carbonyl (C=O) groups excluding carboxylic acids is 6. The highest BCUT2D eigenvalue weighted by Crippen LogP contribution is 2.37. The lowest BCUT2D eigenvalue weighted by Crippen LogP contribution is -2.36. The Hall–Kier alpha value is -7.04. The Balaban J connectivity index is 0.000000188. The van der Waals surface area contributed by atoms with E-state index in [-0.39, 0.29) is 78.7 Å². The predicted molar refractivity (Wildman–Crippen MR) is 321 cm³/mol. The van der Waals surface area contributed by atoms with Crippen LogP contribution in [0, 0.1) is 29.6 Å². The lowest BCUT2D eigenvalue weighted by molar-refractivity contribution is -0.147. The summed E-state index contributed by atoms with van der Waals surface area (Å²) in [6, 6.07) is 29.4. The summed E-state index contributed by atoms with van der Waals surface area (Å²) < 4.78 is 41.8. The number of nitrogens with one attached hydrogen (secondary N) is 1. The highest BCUT2D eigenvalue weighted by atomic mass is 16.5. The zero-order valence-corrected chi connectivity index (χ0v) is 51.0. The van der Waals surface area contributed by atoms with Crippen molar-refractivity contribution in [3.63, 3.8) is 0 Å². The van der Waals surface area contributed by atoms with E-state index in [2.05, 4.69) is 25.7 Å². The van der Waals surface area contributed by atoms with Gasteiger partial charge in [0.05, 0.1) is 13.1 Å². The Morgan fingerprint density at radius 1 is 0.460 bits per heavy atom. The standard InChI is InChI=1S/C20H27NO5.C19H24N2O4.C17H23NO3.C10H17N3O2/c1-25-14-19(23)21-12-18(22)17-9-7-15(8-10-17)11-20(24)26-13-16-5-3-2-4-6-16;1-23-13-17-20-21-19(25-17)16-9-7-14(8-10-16)11-18(22)24-12-15-5-3-2-4-6-15;18-11-16(19)15-8-6-13(7-9-15)10-17(20)21-12-14-4-2-1-3-5-14;1-14-6-9-12-13-10(15-9)7-2-4-8(11)5-3-7/h2-6,15,17H,7-14H2,1H3,(H,21,23);2-6,14,16H,7-13H2,1H3;1-5,13,15H,6-12,18H2;7-8H,2-6,11H2,1H3. The Morgan fingerprint density at radius 2 is 0.816 bits per heavy atom. The van der Waals surface area contributed by atoms with Crippen molar-refractivity contribution < 1.29 is 66.0 Å². The molecule has 0 atom stereocenters. The van der Waals surface area contributed by atoms with Crippen LogP contribution in [-0.4, -0.2) is 103 Å². The number of nitrogens with two attached hydrogens (primary N) is 2. The molecule has 2 aromatic heterocycles. The molecule has 0 unspecified atom stereocenters. The lowest BCUT2D eigenvalue weighted by atomic mass is 9.79. The smallest absolute Gasteiger partial charge is 0.306 e. The van der Waals surface area contributed by atoms with Crippen LogP contribution in [0.5, 0.6) is 0 Å². The summed E-state index contributed by atoms with van der Waals surface area (Å²) in [4.78, 5) is 70.9. The van der Waals surface area contributed by atoms with E-state index in [1.807, 2.05) is 91.0 Å². The number of benzene rings is 3. The van der Waals surface area contributed by atoms with Gasteiger partial charge in [-0.05, 0) is 137 Å². The van der Waals surface area contributed by atoms with Crippen LogP contribution in [-0.2, 0) is 90.2 Å². The third kappa shape index (κ3) is 26.1. The Morgan fingerprint density at radius 3 is 1.17 bits per heavy atom. The molecule has 4 aliphatic carbocycles. The summed E-state index contributed by atoms with van der Waals surface area (Å²) in [5.41, 5.74) is 14.2. The fourth-order valence-corrected chi connectivity index (χ4v) is 11.4. The first-order chi connectivity index (χ1) is 42.3. The van der Waals surface area contributed by atoms with Crippen molar-refractivity contribution in [2.75, 3.05) is 41.0 Å². The first kappa shape index (κ1) is 69.1. The molecular weight excluding hydrogens is 1110 g/mol. The normalized spacial score (nSPS) is 21.6. The number of hydrogen-bond donors (Lipinski definition) is 3. The van der Waals surface area contributed by atoms with E-state index in [1.54, 1.807) is 14.2 Å². The highest BCUT2D eigenvalue weighted by Gasteiger charge is 2.31. The minimum Gasteiger partial charge on any atom is -0.461 e.